The molecule has 1 aliphatic carbocycles. The Labute approximate surface area is 110 Å². The van der Waals surface area contributed by atoms with Gasteiger partial charge in [0.1, 0.15) is 0 Å². The van der Waals surface area contributed by atoms with Crippen molar-refractivity contribution in [1.82, 2.24) is 0 Å². The van der Waals surface area contributed by atoms with Crippen molar-refractivity contribution in [2.24, 2.45) is 0 Å². The first-order valence-corrected chi connectivity index (χ1v) is 6.96. The van der Waals surface area contributed by atoms with E-state index in [0.717, 1.165) is 6.42 Å². The summed E-state index contributed by atoms with van der Waals surface area (Å²) < 4.78 is 0. The van der Waals surface area contributed by atoms with Crippen molar-refractivity contribution in [3.8, 4) is 21.6 Å². The summed E-state index contributed by atoms with van der Waals surface area (Å²) in [7, 11) is 0. The minimum Gasteiger partial charge on any atom is -0.139 e. The molecule has 0 spiro atoms. The molecule has 1 aromatic heterocycles. The van der Waals surface area contributed by atoms with Gasteiger partial charge in [-0.1, -0.05) is 42.5 Å². The summed E-state index contributed by atoms with van der Waals surface area (Å²) in [6.45, 7) is 3.83. The highest BCUT2D eigenvalue weighted by molar-refractivity contribution is 7.16. The van der Waals surface area contributed by atoms with Crippen LogP contribution in [0.25, 0.3) is 32.3 Å². The van der Waals surface area contributed by atoms with Gasteiger partial charge in [0.15, 0.2) is 0 Å². The Morgan fingerprint density at radius 3 is 2.56 bits per heavy atom. The lowest BCUT2D eigenvalue weighted by Gasteiger charge is -2.01. The lowest BCUT2D eigenvalue weighted by molar-refractivity contribution is 1.36. The lowest BCUT2D eigenvalue weighted by atomic mass is 10.0. The molecule has 0 radical (unpaired) electrons. The number of thiophene rings is 1. The van der Waals surface area contributed by atoms with Gasteiger partial charge in [-0.25, -0.2) is 0 Å². The fourth-order valence-electron chi connectivity index (χ4n) is 2.84. The average Bonchev–Trinajstić information content (AvgIpc) is 2.92. The molecule has 0 amide bonds. The first-order valence-electron chi connectivity index (χ1n) is 6.14. The highest BCUT2D eigenvalue weighted by Crippen LogP contribution is 2.50. The van der Waals surface area contributed by atoms with E-state index >= 15 is 0 Å². The Morgan fingerprint density at radius 1 is 1.00 bits per heavy atom. The molecular formula is C17H12S. The van der Waals surface area contributed by atoms with Gasteiger partial charge >= 0.3 is 0 Å². The monoisotopic (exact) mass is 248 g/mol. The van der Waals surface area contributed by atoms with E-state index < -0.39 is 0 Å². The van der Waals surface area contributed by atoms with Crippen LogP contribution in [0.5, 0.6) is 0 Å². The predicted molar refractivity (Wildman–Crippen MR) is 80.2 cm³/mol. The maximum Gasteiger partial charge on any atom is 0.0430 e. The molecule has 4 rings (SSSR count). The second-order valence-electron chi connectivity index (χ2n) is 4.66. The second-order valence-corrected chi connectivity index (χ2v) is 5.79. The third kappa shape index (κ3) is 1.20. The molecule has 0 N–H and O–H groups in total. The van der Waals surface area contributed by atoms with Crippen LogP contribution in [0.3, 0.4) is 0 Å². The number of allylic oxidation sites excluding steroid dienone is 1. The van der Waals surface area contributed by atoms with Gasteiger partial charge in [-0.2, -0.15) is 0 Å². The molecule has 0 aliphatic heterocycles. The van der Waals surface area contributed by atoms with Crippen LogP contribution < -0.4 is 0 Å². The summed E-state index contributed by atoms with van der Waals surface area (Å²) in [6.07, 6.45) is 2.95. The van der Waals surface area contributed by atoms with Crippen molar-refractivity contribution in [3.05, 3.63) is 60.0 Å². The summed E-state index contributed by atoms with van der Waals surface area (Å²) in [4.78, 5) is 2.83. The molecule has 0 fully saturated rings. The largest absolute Gasteiger partial charge is 0.139 e. The van der Waals surface area contributed by atoms with Gasteiger partial charge in [-0.05, 0) is 28.8 Å². The number of benzene rings is 2. The fraction of sp³-hybridized carbons (Fsp3) is 0.0588. The molecule has 0 unspecified atom stereocenters. The van der Waals surface area contributed by atoms with Crippen molar-refractivity contribution in [3.63, 3.8) is 0 Å². The molecule has 1 aliphatic rings. The van der Waals surface area contributed by atoms with E-state index in [0.29, 0.717) is 0 Å². The van der Waals surface area contributed by atoms with Crippen molar-refractivity contribution in [1.29, 1.82) is 0 Å². The normalized spacial score (nSPS) is 11.8. The maximum absolute atomic E-state index is 3.83. The van der Waals surface area contributed by atoms with Crippen molar-refractivity contribution >= 4 is 22.1 Å². The second kappa shape index (κ2) is 3.56. The minimum absolute atomic E-state index is 0.968. The molecule has 0 atom stereocenters. The summed E-state index contributed by atoms with van der Waals surface area (Å²) >= 11 is 1.90. The highest BCUT2D eigenvalue weighted by atomic mass is 32.1. The van der Waals surface area contributed by atoms with E-state index in [1.54, 1.807) is 0 Å². The number of hydrogen-bond donors (Lipinski definition) is 0. The predicted octanol–water partition coefficient (Wildman–Crippen LogP) is 5.28. The van der Waals surface area contributed by atoms with E-state index in [-0.39, 0.29) is 0 Å². The van der Waals surface area contributed by atoms with Crippen LogP contribution in [0.4, 0.5) is 0 Å². The van der Waals surface area contributed by atoms with E-state index in [2.05, 4.69) is 49.0 Å². The Hall–Kier alpha value is -1.86. The zero-order chi connectivity index (χ0) is 12.1. The Bertz CT molecular complexity index is 721. The van der Waals surface area contributed by atoms with Gasteiger partial charge in [-0.3, -0.25) is 0 Å². The van der Waals surface area contributed by atoms with Gasteiger partial charge in [0.2, 0.25) is 0 Å². The summed E-state index contributed by atoms with van der Waals surface area (Å²) in [5.41, 5.74) is 4.20. The number of fused-ring (bicyclic) bond motifs is 3. The van der Waals surface area contributed by atoms with Gasteiger partial charge in [0.05, 0.1) is 0 Å². The van der Waals surface area contributed by atoms with Crippen LogP contribution in [-0.2, 0) is 6.42 Å². The molecule has 0 bridgehead atoms. The van der Waals surface area contributed by atoms with Crippen LogP contribution in [0.15, 0.2) is 55.1 Å². The zero-order valence-electron chi connectivity index (χ0n) is 9.94. The molecule has 86 valence electrons. The van der Waals surface area contributed by atoms with E-state index in [4.69, 9.17) is 0 Å². The van der Waals surface area contributed by atoms with E-state index in [9.17, 15) is 0 Å². The topological polar surface area (TPSA) is 0 Å². The van der Waals surface area contributed by atoms with Gasteiger partial charge in [0.25, 0.3) is 0 Å². The quantitative estimate of drug-likeness (QED) is 0.423. The first-order chi connectivity index (χ1) is 8.88. The number of rotatable bonds is 2. The van der Waals surface area contributed by atoms with Gasteiger partial charge < -0.3 is 0 Å². The summed E-state index contributed by atoms with van der Waals surface area (Å²) in [5.74, 6) is 0. The molecule has 0 saturated carbocycles. The molecule has 1 heterocycles. The van der Waals surface area contributed by atoms with E-state index in [1.165, 1.54) is 37.2 Å². The molecule has 3 aromatic rings. The Balaban J connectivity index is 2.08. The molecule has 1 heteroatoms. The highest BCUT2D eigenvalue weighted by Gasteiger charge is 2.23. The smallest absolute Gasteiger partial charge is 0.0430 e. The van der Waals surface area contributed by atoms with Crippen LogP contribution in [0.1, 0.15) is 4.88 Å². The van der Waals surface area contributed by atoms with Crippen LogP contribution in [0, 0.1) is 0 Å². The Kier molecular flexibility index (Phi) is 2.00. The first kappa shape index (κ1) is 10.1. The van der Waals surface area contributed by atoms with E-state index in [1.807, 2.05) is 17.4 Å². The van der Waals surface area contributed by atoms with Crippen molar-refractivity contribution < 1.29 is 0 Å². The summed E-state index contributed by atoms with van der Waals surface area (Å²) in [5, 5.41) is 2.77. The molecule has 2 aromatic carbocycles. The maximum atomic E-state index is 3.83. The lowest BCUT2D eigenvalue weighted by Crippen LogP contribution is -1.76. The number of hydrogen-bond acceptors (Lipinski definition) is 1. The van der Waals surface area contributed by atoms with Crippen LogP contribution in [-0.4, -0.2) is 0 Å². The van der Waals surface area contributed by atoms with Gasteiger partial charge in [-0.15, -0.1) is 17.9 Å². The SMILES string of the molecule is C=CCc1cc2c(s1)-c1cccc3cccc-2c13. The van der Waals surface area contributed by atoms with Crippen molar-refractivity contribution in [2.75, 3.05) is 0 Å². The van der Waals surface area contributed by atoms with Gasteiger partial charge in [0, 0.05) is 20.9 Å². The fourth-order valence-corrected chi connectivity index (χ4v) is 4.04. The Morgan fingerprint density at radius 2 is 1.78 bits per heavy atom. The van der Waals surface area contributed by atoms with Crippen molar-refractivity contribution in [2.45, 2.75) is 6.42 Å². The third-order valence-electron chi connectivity index (χ3n) is 3.57. The molecular weight excluding hydrogens is 236 g/mol. The zero-order valence-corrected chi connectivity index (χ0v) is 10.8. The van der Waals surface area contributed by atoms with Crippen LogP contribution >= 0.6 is 11.3 Å². The van der Waals surface area contributed by atoms with Crippen LogP contribution in [0.2, 0.25) is 0 Å². The third-order valence-corrected chi connectivity index (χ3v) is 4.76. The molecule has 18 heavy (non-hydrogen) atoms. The average molecular weight is 248 g/mol. The summed E-state index contributed by atoms with van der Waals surface area (Å²) in [6, 6.07) is 15.5. The molecule has 0 saturated heterocycles. The molecule has 0 nitrogen and oxygen atoms in total. The standard InChI is InChI=1S/C17H12S/c1-2-5-12-10-15-13-8-3-6-11-7-4-9-14(16(11)13)17(15)18-12/h2-4,6-10H,1,5H2. The minimum atomic E-state index is 0.968.